The number of aromatic nitrogens is 1. The third-order valence-electron chi connectivity index (χ3n) is 4.81. The van der Waals surface area contributed by atoms with Crippen LogP contribution in [0.2, 0.25) is 0 Å². The number of para-hydroxylation sites is 1. The molecule has 116 valence electrons. The third kappa shape index (κ3) is 1.87. The molecule has 0 unspecified atom stereocenters. The van der Waals surface area contributed by atoms with Gasteiger partial charge in [-0.3, -0.25) is 0 Å². The monoisotopic (exact) mass is 313 g/mol. The Balaban J connectivity index is 2.29. The molecule has 4 rings (SSSR count). The molecule has 0 aliphatic rings. The fourth-order valence-electron chi connectivity index (χ4n) is 3.43. The summed E-state index contributed by atoms with van der Waals surface area (Å²) in [7, 11) is 2.02. The second-order valence-electron chi connectivity index (χ2n) is 6.11. The van der Waals surface area contributed by atoms with Crippen LogP contribution in [0, 0.1) is 25.2 Å². The van der Waals surface area contributed by atoms with Gasteiger partial charge in [-0.05, 0) is 37.1 Å². The zero-order valence-corrected chi connectivity index (χ0v) is 13.9. The molecule has 0 N–H and O–H groups in total. The Bertz CT molecular complexity index is 1150. The van der Waals surface area contributed by atoms with E-state index in [4.69, 9.17) is 4.42 Å². The van der Waals surface area contributed by atoms with Gasteiger partial charge in [0.2, 0.25) is 5.69 Å². The lowest BCUT2D eigenvalue weighted by atomic mass is 9.92. The lowest BCUT2D eigenvalue weighted by Gasteiger charge is -2.10. The van der Waals surface area contributed by atoms with Gasteiger partial charge in [0.05, 0.1) is 11.1 Å². The van der Waals surface area contributed by atoms with Crippen LogP contribution in [0.5, 0.6) is 0 Å². The predicted molar refractivity (Wildman–Crippen MR) is 94.5 cm³/mol. The van der Waals surface area contributed by atoms with Crippen LogP contribution in [0.25, 0.3) is 33.2 Å². The van der Waals surface area contributed by atoms with Crippen molar-refractivity contribution in [2.45, 2.75) is 13.8 Å². The van der Waals surface area contributed by atoms with E-state index in [0.29, 0.717) is 5.56 Å². The number of nitrogens with zero attached hydrogens (tertiary/aromatic N) is 2. The third-order valence-corrected chi connectivity index (χ3v) is 4.81. The van der Waals surface area contributed by atoms with Gasteiger partial charge >= 0.3 is 0 Å². The highest BCUT2D eigenvalue weighted by Crippen LogP contribution is 2.40. The van der Waals surface area contributed by atoms with Gasteiger partial charge in [0.1, 0.15) is 18.7 Å². The normalized spacial score (nSPS) is 11.1. The molecule has 0 bridgehead atoms. The molecule has 0 amide bonds. The van der Waals surface area contributed by atoms with Gasteiger partial charge in [-0.1, -0.05) is 18.2 Å². The Labute approximate surface area is 140 Å². The maximum atomic E-state index is 9.74. The van der Waals surface area contributed by atoms with E-state index in [1.165, 1.54) is 0 Å². The average Bonchev–Trinajstić information content (AvgIpc) is 2.96. The number of furan rings is 1. The second kappa shape index (κ2) is 5.21. The number of hydrogen-bond donors (Lipinski definition) is 0. The lowest BCUT2D eigenvalue weighted by molar-refractivity contribution is -0.660. The maximum Gasteiger partial charge on any atom is 0.216 e. The first kappa shape index (κ1) is 14.5. The molecule has 0 atom stereocenters. The number of benzene rings is 2. The van der Waals surface area contributed by atoms with Gasteiger partial charge in [0.15, 0.2) is 11.8 Å². The quantitative estimate of drug-likeness (QED) is 0.483. The summed E-state index contributed by atoms with van der Waals surface area (Å²) < 4.78 is 8.29. The van der Waals surface area contributed by atoms with Crippen molar-refractivity contribution in [3.05, 3.63) is 65.4 Å². The zero-order valence-electron chi connectivity index (χ0n) is 13.9. The fraction of sp³-hybridized carbons (Fsp3) is 0.143. The maximum absolute atomic E-state index is 9.74. The second-order valence-corrected chi connectivity index (χ2v) is 6.11. The number of nitriles is 1. The van der Waals surface area contributed by atoms with Crippen molar-refractivity contribution in [2.75, 3.05) is 0 Å². The summed E-state index contributed by atoms with van der Waals surface area (Å²) >= 11 is 0. The van der Waals surface area contributed by atoms with Crippen molar-refractivity contribution in [3.8, 4) is 17.3 Å². The number of pyridine rings is 1. The Morgan fingerprint density at radius 3 is 2.50 bits per heavy atom. The highest BCUT2D eigenvalue weighted by atomic mass is 16.3. The summed E-state index contributed by atoms with van der Waals surface area (Å²) in [4.78, 5) is 0. The molecule has 24 heavy (non-hydrogen) atoms. The molecule has 0 fully saturated rings. The largest absolute Gasteiger partial charge is 0.455 e. The Morgan fingerprint density at radius 1 is 1.00 bits per heavy atom. The minimum absolute atomic E-state index is 0.704. The Morgan fingerprint density at radius 2 is 1.75 bits per heavy atom. The molecule has 3 nitrogen and oxygen atoms in total. The van der Waals surface area contributed by atoms with Crippen LogP contribution < -0.4 is 4.57 Å². The van der Waals surface area contributed by atoms with Gasteiger partial charge in [-0.25, -0.2) is 4.57 Å². The van der Waals surface area contributed by atoms with Crippen LogP contribution in [0.1, 0.15) is 16.7 Å². The van der Waals surface area contributed by atoms with E-state index in [0.717, 1.165) is 44.3 Å². The van der Waals surface area contributed by atoms with Crippen molar-refractivity contribution in [1.29, 1.82) is 5.26 Å². The molecule has 0 radical (unpaired) electrons. The summed E-state index contributed by atoms with van der Waals surface area (Å²) in [6.07, 6.45) is 2.02. The SMILES string of the molecule is Cc1c(C)c(C#N)c2c(oc3ccccc32)c1-c1cccc[n+]1C. The van der Waals surface area contributed by atoms with E-state index in [2.05, 4.69) is 23.6 Å². The molecule has 0 saturated heterocycles. The number of aryl methyl sites for hydroxylation is 1. The first-order valence-corrected chi connectivity index (χ1v) is 7.93. The number of hydrogen-bond acceptors (Lipinski definition) is 2. The Kier molecular flexibility index (Phi) is 3.14. The first-order valence-electron chi connectivity index (χ1n) is 7.93. The summed E-state index contributed by atoms with van der Waals surface area (Å²) in [6.45, 7) is 4.08. The van der Waals surface area contributed by atoms with Crippen molar-refractivity contribution < 1.29 is 8.98 Å². The first-order chi connectivity index (χ1) is 11.6. The molecule has 2 heterocycles. The molecule has 2 aromatic heterocycles. The zero-order chi connectivity index (χ0) is 16.8. The molecule has 0 saturated carbocycles. The molecular formula is C21H17N2O+. The predicted octanol–water partition coefficient (Wildman–Crippen LogP) is 4.57. The molecule has 3 heteroatoms. The van der Waals surface area contributed by atoms with Gasteiger partial charge in [0, 0.05) is 22.9 Å². The Hall–Kier alpha value is -3.12. The molecular weight excluding hydrogens is 296 g/mol. The summed E-state index contributed by atoms with van der Waals surface area (Å²) in [5, 5.41) is 11.6. The standard InChI is InChI=1S/C21H17N2O/c1-13-14(2)19(17-9-6-7-11-23(17)3)21-20(16(13)12-22)15-8-4-5-10-18(15)24-21/h4-11H,1-3H3/q+1. The van der Waals surface area contributed by atoms with E-state index in [1.54, 1.807) is 0 Å². The minimum atomic E-state index is 0.704. The lowest BCUT2D eigenvalue weighted by Crippen LogP contribution is -2.30. The van der Waals surface area contributed by atoms with E-state index in [-0.39, 0.29) is 0 Å². The van der Waals surface area contributed by atoms with Crippen LogP contribution in [-0.4, -0.2) is 0 Å². The summed E-state index contributed by atoms with van der Waals surface area (Å²) in [5.41, 5.74) is 6.53. The van der Waals surface area contributed by atoms with Crippen LogP contribution in [0.4, 0.5) is 0 Å². The van der Waals surface area contributed by atoms with Gasteiger partial charge in [0.25, 0.3) is 0 Å². The van der Waals surface area contributed by atoms with Gasteiger partial charge in [-0.15, -0.1) is 0 Å². The fourth-order valence-corrected chi connectivity index (χ4v) is 3.43. The highest BCUT2D eigenvalue weighted by Gasteiger charge is 2.24. The molecule has 0 aliphatic heterocycles. The van der Waals surface area contributed by atoms with Crippen molar-refractivity contribution >= 4 is 21.9 Å². The van der Waals surface area contributed by atoms with Gasteiger partial charge in [-0.2, -0.15) is 5.26 Å². The van der Waals surface area contributed by atoms with E-state index < -0.39 is 0 Å². The molecule has 4 aromatic rings. The minimum Gasteiger partial charge on any atom is -0.455 e. The van der Waals surface area contributed by atoms with Gasteiger partial charge < -0.3 is 4.42 Å². The van der Waals surface area contributed by atoms with E-state index >= 15 is 0 Å². The number of fused-ring (bicyclic) bond motifs is 3. The number of rotatable bonds is 1. The molecule has 0 spiro atoms. The van der Waals surface area contributed by atoms with Crippen molar-refractivity contribution in [1.82, 2.24) is 0 Å². The summed E-state index contributed by atoms with van der Waals surface area (Å²) in [6, 6.07) is 16.4. The van der Waals surface area contributed by atoms with Crippen molar-refractivity contribution in [3.63, 3.8) is 0 Å². The van der Waals surface area contributed by atoms with E-state index in [1.807, 2.05) is 56.6 Å². The van der Waals surface area contributed by atoms with Crippen LogP contribution in [0.3, 0.4) is 0 Å². The van der Waals surface area contributed by atoms with Crippen LogP contribution in [-0.2, 0) is 7.05 Å². The molecule has 0 aliphatic carbocycles. The van der Waals surface area contributed by atoms with Crippen LogP contribution in [0.15, 0.2) is 53.1 Å². The van der Waals surface area contributed by atoms with Crippen molar-refractivity contribution in [2.24, 2.45) is 7.05 Å². The van der Waals surface area contributed by atoms with Crippen LogP contribution >= 0.6 is 0 Å². The smallest absolute Gasteiger partial charge is 0.216 e. The topological polar surface area (TPSA) is 40.8 Å². The van der Waals surface area contributed by atoms with E-state index in [9.17, 15) is 5.26 Å². The average molecular weight is 313 g/mol. The highest BCUT2D eigenvalue weighted by molar-refractivity contribution is 6.13. The summed E-state index contributed by atoms with van der Waals surface area (Å²) in [5.74, 6) is 0. The molecule has 2 aromatic carbocycles.